The minimum atomic E-state index is -0.719. The van der Waals surface area contributed by atoms with Crippen molar-refractivity contribution in [3.8, 4) is 0 Å². The molecule has 100 valence electrons. The van der Waals surface area contributed by atoms with E-state index in [1.54, 1.807) is 0 Å². The Kier molecular flexibility index (Phi) is 4.36. The highest BCUT2D eigenvalue weighted by Crippen LogP contribution is 2.34. The van der Waals surface area contributed by atoms with Crippen LogP contribution in [0.4, 0.5) is 0 Å². The van der Waals surface area contributed by atoms with E-state index in [4.69, 9.17) is 0 Å². The van der Waals surface area contributed by atoms with Crippen molar-refractivity contribution in [1.82, 2.24) is 5.32 Å². The van der Waals surface area contributed by atoms with E-state index >= 15 is 0 Å². The SMILES string of the molecule is CC1(SCCC(C)(O)c2ccccc2)CCCN1. The minimum absolute atomic E-state index is 0.215. The van der Waals surface area contributed by atoms with E-state index in [1.165, 1.54) is 12.8 Å². The lowest BCUT2D eigenvalue weighted by molar-refractivity contribution is 0.0543. The summed E-state index contributed by atoms with van der Waals surface area (Å²) in [6, 6.07) is 9.95. The lowest BCUT2D eigenvalue weighted by atomic mass is 9.94. The number of benzene rings is 1. The predicted molar refractivity (Wildman–Crippen MR) is 78.7 cm³/mol. The predicted octanol–water partition coefficient (Wildman–Crippen LogP) is 3.12. The minimum Gasteiger partial charge on any atom is -0.385 e. The van der Waals surface area contributed by atoms with E-state index < -0.39 is 5.60 Å². The Hall–Kier alpha value is -0.510. The quantitative estimate of drug-likeness (QED) is 0.858. The van der Waals surface area contributed by atoms with Gasteiger partial charge in [-0.3, -0.25) is 0 Å². The summed E-state index contributed by atoms with van der Waals surface area (Å²) < 4.78 is 0. The zero-order valence-electron chi connectivity index (χ0n) is 11.3. The zero-order valence-corrected chi connectivity index (χ0v) is 12.1. The van der Waals surface area contributed by atoms with Crippen molar-refractivity contribution in [2.45, 2.75) is 43.6 Å². The van der Waals surface area contributed by atoms with E-state index in [0.717, 1.165) is 24.3 Å². The van der Waals surface area contributed by atoms with Gasteiger partial charge in [-0.05, 0) is 51.0 Å². The van der Waals surface area contributed by atoms with Gasteiger partial charge >= 0.3 is 0 Å². The first-order valence-corrected chi connectivity index (χ1v) is 7.67. The highest BCUT2D eigenvalue weighted by atomic mass is 32.2. The number of rotatable bonds is 5. The van der Waals surface area contributed by atoms with Crippen LogP contribution in [0.2, 0.25) is 0 Å². The fourth-order valence-corrected chi connectivity index (χ4v) is 3.85. The third-order valence-electron chi connectivity index (χ3n) is 3.73. The number of aliphatic hydroxyl groups is 1. The average Bonchev–Trinajstić information content (AvgIpc) is 2.77. The Morgan fingerprint density at radius 1 is 1.39 bits per heavy atom. The molecule has 1 aromatic rings. The van der Waals surface area contributed by atoms with Gasteiger partial charge in [-0.15, -0.1) is 11.8 Å². The van der Waals surface area contributed by atoms with Crippen LogP contribution >= 0.6 is 11.8 Å². The summed E-state index contributed by atoms with van der Waals surface area (Å²) in [6.07, 6.45) is 3.28. The van der Waals surface area contributed by atoms with Crippen LogP contribution in [-0.4, -0.2) is 22.3 Å². The molecular weight excluding hydrogens is 242 g/mol. The molecular formula is C15H23NOS. The van der Waals surface area contributed by atoms with Crippen LogP contribution in [0, 0.1) is 0 Å². The standard InChI is InChI=1S/C15H23NOS/c1-14(17,13-7-4-3-5-8-13)10-12-18-15(2)9-6-11-16-15/h3-5,7-8,16-17H,6,9-12H2,1-2H3. The van der Waals surface area contributed by atoms with Gasteiger partial charge in [0.25, 0.3) is 0 Å². The van der Waals surface area contributed by atoms with Crippen LogP contribution in [0.5, 0.6) is 0 Å². The van der Waals surface area contributed by atoms with E-state index in [0.29, 0.717) is 0 Å². The lowest BCUT2D eigenvalue weighted by Crippen LogP contribution is -2.33. The summed E-state index contributed by atoms with van der Waals surface area (Å²) >= 11 is 1.94. The summed E-state index contributed by atoms with van der Waals surface area (Å²) in [5.41, 5.74) is 0.290. The number of thioether (sulfide) groups is 1. The van der Waals surface area contributed by atoms with Crippen LogP contribution in [0.25, 0.3) is 0 Å². The Morgan fingerprint density at radius 2 is 2.11 bits per heavy atom. The van der Waals surface area contributed by atoms with Gasteiger partial charge < -0.3 is 10.4 Å². The first-order chi connectivity index (χ1) is 8.52. The molecule has 2 N–H and O–H groups in total. The first-order valence-electron chi connectivity index (χ1n) is 6.69. The molecule has 0 saturated carbocycles. The number of hydrogen-bond donors (Lipinski definition) is 2. The Morgan fingerprint density at radius 3 is 2.72 bits per heavy atom. The maximum atomic E-state index is 10.5. The summed E-state index contributed by atoms with van der Waals surface area (Å²) in [5.74, 6) is 0.978. The van der Waals surface area contributed by atoms with Gasteiger partial charge in [0.15, 0.2) is 0 Å². The van der Waals surface area contributed by atoms with Crippen molar-refractivity contribution in [1.29, 1.82) is 0 Å². The molecule has 0 bridgehead atoms. The van der Waals surface area contributed by atoms with Crippen LogP contribution < -0.4 is 5.32 Å². The highest BCUT2D eigenvalue weighted by Gasteiger charge is 2.30. The molecule has 1 fully saturated rings. The molecule has 0 aliphatic carbocycles. The van der Waals surface area contributed by atoms with E-state index in [1.807, 2.05) is 49.0 Å². The smallest absolute Gasteiger partial charge is 0.0876 e. The monoisotopic (exact) mass is 265 g/mol. The van der Waals surface area contributed by atoms with Crippen molar-refractivity contribution in [3.05, 3.63) is 35.9 Å². The van der Waals surface area contributed by atoms with E-state index in [2.05, 4.69) is 12.2 Å². The summed E-state index contributed by atoms with van der Waals surface area (Å²) in [5, 5.41) is 14.1. The van der Waals surface area contributed by atoms with Gasteiger partial charge in [-0.2, -0.15) is 0 Å². The fourth-order valence-electron chi connectivity index (χ4n) is 2.41. The van der Waals surface area contributed by atoms with Gasteiger partial charge in [-0.1, -0.05) is 30.3 Å². The second-order valence-electron chi connectivity index (χ2n) is 5.50. The van der Waals surface area contributed by atoms with Gasteiger partial charge in [0.1, 0.15) is 0 Å². The molecule has 0 amide bonds. The molecule has 18 heavy (non-hydrogen) atoms. The molecule has 1 heterocycles. The van der Waals surface area contributed by atoms with Crippen molar-refractivity contribution >= 4 is 11.8 Å². The molecule has 0 spiro atoms. The fraction of sp³-hybridized carbons (Fsp3) is 0.600. The number of nitrogens with one attached hydrogen (secondary N) is 1. The normalized spacial score (nSPS) is 27.1. The lowest BCUT2D eigenvalue weighted by Gasteiger charge is -2.28. The third-order valence-corrected chi connectivity index (χ3v) is 5.13. The molecule has 2 nitrogen and oxygen atoms in total. The molecule has 2 unspecified atom stereocenters. The van der Waals surface area contributed by atoms with Crippen LogP contribution in [0.3, 0.4) is 0 Å². The maximum Gasteiger partial charge on any atom is 0.0876 e. The van der Waals surface area contributed by atoms with Crippen LogP contribution in [0.15, 0.2) is 30.3 Å². The first kappa shape index (κ1) is 13.9. The van der Waals surface area contributed by atoms with Crippen molar-refractivity contribution < 1.29 is 5.11 Å². The zero-order chi connectivity index (χ0) is 13.1. The molecule has 0 radical (unpaired) electrons. The topological polar surface area (TPSA) is 32.3 Å². The molecule has 2 rings (SSSR count). The molecule has 1 saturated heterocycles. The summed E-state index contributed by atoms with van der Waals surface area (Å²) in [4.78, 5) is 0.215. The van der Waals surface area contributed by atoms with Gasteiger partial charge in [-0.25, -0.2) is 0 Å². The van der Waals surface area contributed by atoms with E-state index in [9.17, 15) is 5.11 Å². The van der Waals surface area contributed by atoms with Gasteiger partial charge in [0.2, 0.25) is 0 Å². The van der Waals surface area contributed by atoms with Crippen molar-refractivity contribution in [2.75, 3.05) is 12.3 Å². The van der Waals surface area contributed by atoms with Crippen molar-refractivity contribution in [2.24, 2.45) is 0 Å². The Labute approximate surface area is 114 Å². The molecule has 1 aliphatic heterocycles. The molecule has 1 aliphatic rings. The van der Waals surface area contributed by atoms with E-state index in [-0.39, 0.29) is 4.87 Å². The molecule has 2 atom stereocenters. The second-order valence-corrected chi connectivity index (χ2v) is 7.10. The highest BCUT2D eigenvalue weighted by molar-refractivity contribution is 8.00. The summed E-state index contributed by atoms with van der Waals surface area (Å²) in [7, 11) is 0. The number of hydrogen-bond acceptors (Lipinski definition) is 3. The van der Waals surface area contributed by atoms with Crippen LogP contribution in [0.1, 0.15) is 38.7 Å². The van der Waals surface area contributed by atoms with Crippen LogP contribution in [-0.2, 0) is 5.60 Å². The Bertz CT molecular complexity index is 371. The average molecular weight is 265 g/mol. The molecule has 3 heteroatoms. The van der Waals surface area contributed by atoms with Crippen molar-refractivity contribution in [3.63, 3.8) is 0 Å². The van der Waals surface area contributed by atoms with Gasteiger partial charge in [0, 0.05) is 0 Å². The second kappa shape index (κ2) is 5.64. The van der Waals surface area contributed by atoms with Gasteiger partial charge in [0.05, 0.1) is 10.5 Å². The molecule has 1 aromatic carbocycles. The molecule has 0 aromatic heterocycles. The third kappa shape index (κ3) is 3.50. The Balaban J connectivity index is 1.86. The maximum absolute atomic E-state index is 10.5. The summed E-state index contributed by atoms with van der Waals surface area (Å²) in [6.45, 7) is 5.30. The largest absolute Gasteiger partial charge is 0.385 e.